The van der Waals surface area contributed by atoms with Crippen molar-refractivity contribution in [2.24, 2.45) is 0 Å². The van der Waals surface area contributed by atoms with Gasteiger partial charge in [0, 0.05) is 13.2 Å². The maximum Gasteiger partial charge on any atom is 0.240 e. The third-order valence-corrected chi connectivity index (χ3v) is 5.35. The van der Waals surface area contributed by atoms with Gasteiger partial charge in [-0.1, -0.05) is 0 Å². The lowest BCUT2D eigenvalue weighted by molar-refractivity contribution is 0.114. The van der Waals surface area contributed by atoms with E-state index < -0.39 is 10.0 Å². The Morgan fingerprint density at radius 1 is 1.47 bits per heavy atom. The number of aromatic nitrogens is 1. The number of ether oxygens (including phenoxy) is 1. The zero-order chi connectivity index (χ0) is 13.3. The van der Waals surface area contributed by atoms with Crippen molar-refractivity contribution in [3.63, 3.8) is 0 Å². The Balaban J connectivity index is 1.78. The van der Waals surface area contributed by atoms with Crippen molar-refractivity contribution in [2.75, 3.05) is 13.2 Å². The van der Waals surface area contributed by atoms with Crippen molar-refractivity contribution in [2.45, 2.75) is 23.8 Å². The SMILES string of the molecule is O=S(=O)(NCC1CCCO1)c1ccc2ncsc2c1. The summed E-state index contributed by atoms with van der Waals surface area (Å²) in [5, 5.41) is 0. The second-order valence-electron chi connectivity index (χ2n) is 4.47. The molecule has 19 heavy (non-hydrogen) atoms. The molecule has 0 bridgehead atoms. The zero-order valence-corrected chi connectivity index (χ0v) is 11.8. The van der Waals surface area contributed by atoms with Crippen LogP contribution in [0.1, 0.15) is 12.8 Å². The molecule has 5 nitrogen and oxygen atoms in total. The van der Waals surface area contributed by atoms with Crippen molar-refractivity contribution in [1.29, 1.82) is 0 Å². The van der Waals surface area contributed by atoms with Crippen molar-refractivity contribution in [3.8, 4) is 0 Å². The molecular formula is C12H14N2O3S2. The van der Waals surface area contributed by atoms with Gasteiger partial charge in [0.1, 0.15) is 0 Å². The summed E-state index contributed by atoms with van der Waals surface area (Å²) in [6.45, 7) is 1.06. The Morgan fingerprint density at radius 2 is 2.37 bits per heavy atom. The summed E-state index contributed by atoms with van der Waals surface area (Å²) >= 11 is 1.43. The second kappa shape index (κ2) is 5.16. The minimum absolute atomic E-state index is 0.00177. The number of thiazole rings is 1. The van der Waals surface area contributed by atoms with Crippen LogP contribution in [-0.4, -0.2) is 32.7 Å². The summed E-state index contributed by atoms with van der Waals surface area (Å²) in [5.74, 6) is 0. The molecule has 1 unspecified atom stereocenters. The smallest absolute Gasteiger partial charge is 0.240 e. The first-order valence-corrected chi connectivity index (χ1v) is 8.46. The normalized spacial score (nSPS) is 20.1. The van der Waals surface area contributed by atoms with Gasteiger partial charge < -0.3 is 4.74 Å². The van der Waals surface area contributed by atoms with Crippen LogP contribution in [0.5, 0.6) is 0 Å². The van der Waals surface area contributed by atoms with E-state index in [1.807, 2.05) is 0 Å². The Hall–Kier alpha value is -1.02. The van der Waals surface area contributed by atoms with Crippen molar-refractivity contribution in [3.05, 3.63) is 23.7 Å². The van der Waals surface area contributed by atoms with Gasteiger partial charge in [0.05, 0.1) is 26.7 Å². The van der Waals surface area contributed by atoms with Crippen LogP contribution in [0.15, 0.2) is 28.6 Å². The number of benzene rings is 1. The highest BCUT2D eigenvalue weighted by Gasteiger charge is 2.20. The summed E-state index contributed by atoms with van der Waals surface area (Å²) in [4.78, 5) is 4.41. The molecule has 3 rings (SSSR count). The molecular weight excluding hydrogens is 284 g/mol. The number of rotatable bonds is 4. The van der Waals surface area contributed by atoms with E-state index in [-0.39, 0.29) is 11.0 Å². The van der Waals surface area contributed by atoms with Crippen molar-refractivity contribution in [1.82, 2.24) is 9.71 Å². The van der Waals surface area contributed by atoms with Crippen LogP contribution in [0.2, 0.25) is 0 Å². The molecule has 102 valence electrons. The predicted octanol–water partition coefficient (Wildman–Crippen LogP) is 1.75. The topological polar surface area (TPSA) is 68.3 Å². The van der Waals surface area contributed by atoms with Crippen molar-refractivity contribution >= 4 is 31.6 Å². The summed E-state index contributed by atoms with van der Waals surface area (Å²) in [7, 11) is -3.47. The fourth-order valence-electron chi connectivity index (χ4n) is 2.09. The number of nitrogens with zero attached hydrogens (tertiary/aromatic N) is 1. The Labute approximate surface area is 115 Å². The summed E-state index contributed by atoms with van der Waals surface area (Å²) in [5.41, 5.74) is 2.53. The maximum atomic E-state index is 12.2. The van der Waals surface area contributed by atoms with Gasteiger partial charge >= 0.3 is 0 Å². The Morgan fingerprint density at radius 3 is 3.16 bits per heavy atom. The summed E-state index contributed by atoms with van der Waals surface area (Å²) < 4.78 is 33.2. The highest BCUT2D eigenvalue weighted by Crippen LogP contribution is 2.21. The van der Waals surface area contributed by atoms with Crippen LogP contribution in [0.25, 0.3) is 10.2 Å². The lowest BCUT2D eigenvalue weighted by atomic mass is 10.2. The molecule has 0 spiro atoms. The fourth-order valence-corrected chi connectivity index (χ4v) is 3.98. The van der Waals surface area contributed by atoms with E-state index in [1.54, 1.807) is 23.7 Å². The van der Waals surface area contributed by atoms with Gasteiger partial charge in [0.25, 0.3) is 0 Å². The van der Waals surface area contributed by atoms with E-state index in [9.17, 15) is 8.42 Å². The molecule has 0 radical (unpaired) electrons. The van der Waals surface area contributed by atoms with Crippen LogP contribution in [0.3, 0.4) is 0 Å². The lowest BCUT2D eigenvalue weighted by Crippen LogP contribution is -2.31. The van der Waals surface area contributed by atoms with Gasteiger partial charge in [0.2, 0.25) is 10.0 Å². The van der Waals surface area contributed by atoms with Gasteiger partial charge in [-0.2, -0.15) is 0 Å². The molecule has 1 aromatic heterocycles. The van der Waals surface area contributed by atoms with Crippen LogP contribution < -0.4 is 4.72 Å². The molecule has 0 amide bonds. The highest BCUT2D eigenvalue weighted by atomic mass is 32.2. The van der Waals surface area contributed by atoms with E-state index in [4.69, 9.17) is 4.74 Å². The fraction of sp³-hybridized carbons (Fsp3) is 0.417. The van der Waals surface area contributed by atoms with E-state index in [1.165, 1.54) is 11.3 Å². The van der Waals surface area contributed by atoms with Gasteiger partial charge in [-0.15, -0.1) is 11.3 Å². The minimum Gasteiger partial charge on any atom is -0.377 e. The zero-order valence-electron chi connectivity index (χ0n) is 10.2. The second-order valence-corrected chi connectivity index (χ2v) is 7.12. The molecule has 0 saturated carbocycles. The molecule has 0 aliphatic carbocycles. The van der Waals surface area contributed by atoms with E-state index in [2.05, 4.69) is 9.71 Å². The average Bonchev–Trinajstić information content (AvgIpc) is 3.06. The van der Waals surface area contributed by atoms with E-state index >= 15 is 0 Å². The first kappa shape index (κ1) is 13.0. The average molecular weight is 298 g/mol. The predicted molar refractivity (Wildman–Crippen MR) is 73.8 cm³/mol. The third-order valence-electron chi connectivity index (χ3n) is 3.14. The molecule has 7 heteroatoms. The highest BCUT2D eigenvalue weighted by molar-refractivity contribution is 7.89. The lowest BCUT2D eigenvalue weighted by Gasteiger charge is -2.11. The standard InChI is InChI=1S/C12H14N2O3S2/c15-19(16,14-7-9-2-1-5-17-9)10-3-4-11-12(6-10)18-8-13-11/h3-4,6,8-9,14H,1-2,5,7H2. The van der Waals surface area contributed by atoms with Crippen molar-refractivity contribution < 1.29 is 13.2 Å². The van der Waals surface area contributed by atoms with Gasteiger partial charge in [-0.3, -0.25) is 0 Å². The largest absolute Gasteiger partial charge is 0.377 e. The van der Waals surface area contributed by atoms with Crippen LogP contribution in [0.4, 0.5) is 0 Å². The van der Waals surface area contributed by atoms with E-state index in [0.717, 1.165) is 29.7 Å². The quantitative estimate of drug-likeness (QED) is 0.934. The van der Waals surface area contributed by atoms with Gasteiger partial charge in [-0.05, 0) is 31.0 Å². The summed E-state index contributed by atoms with van der Waals surface area (Å²) in [6.07, 6.45) is 1.91. The first-order valence-electron chi connectivity index (χ1n) is 6.10. The van der Waals surface area contributed by atoms with Gasteiger partial charge in [-0.25, -0.2) is 18.1 Å². The number of hydrogen-bond acceptors (Lipinski definition) is 5. The number of nitrogens with one attached hydrogen (secondary N) is 1. The molecule has 1 atom stereocenters. The molecule has 1 aromatic carbocycles. The first-order chi connectivity index (χ1) is 9.15. The number of hydrogen-bond donors (Lipinski definition) is 1. The maximum absolute atomic E-state index is 12.2. The monoisotopic (exact) mass is 298 g/mol. The van der Waals surface area contributed by atoms with Crippen LogP contribution in [-0.2, 0) is 14.8 Å². The van der Waals surface area contributed by atoms with Crippen LogP contribution >= 0.6 is 11.3 Å². The molecule has 1 saturated heterocycles. The van der Waals surface area contributed by atoms with Crippen LogP contribution in [0, 0.1) is 0 Å². The number of sulfonamides is 1. The number of fused-ring (bicyclic) bond motifs is 1. The van der Waals surface area contributed by atoms with E-state index in [0.29, 0.717) is 6.54 Å². The molecule has 1 aliphatic rings. The Kier molecular flexibility index (Phi) is 3.53. The van der Waals surface area contributed by atoms with Gasteiger partial charge in [0.15, 0.2) is 0 Å². The molecule has 1 N–H and O–H groups in total. The molecule has 2 aromatic rings. The molecule has 1 aliphatic heterocycles. The third kappa shape index (κ3) is 2.79. The minimum atomic E-state index is -3.47. The molecule has 2 heterocycles. The molecule has 1 fully saturated rings. The summed E-state index contributed by atoms with van der Waals surface area (Å²) in [6, 6.07) is 4.97. The Bertz CT molecular complexity index is 675.